The maximum Gasteiger partial charge on any atom is 0.239 e. The maximum absolute atomic E-state index is 11.6. The van der Waals surface area contributed by atoms with Crippen LogP contribution in [0.15, 0.2) is 24.3 Å². The lowest BCUT2D eigenvalue weighted by Crippen LogP contribution is -2.28. The molecule has 0 radical (unpaired) electrons. The highest BCUT2D eigenvalue weighted by atomic mass is 16.1. The van der Waals surface area contributed by atoms with Crippen LogP contribution in [0.25, 0.3) is 11.0 Å². The van der Waals surface area contributed by atoms with Gasteiger partial charge in [0.1, 0.15) is 12.4 Å². The number of hydrogen-bond acceptors (Lipinski definition) is 3. The van der Waals surface area contributed by atoms with E-state index in [1.807, 2.05) is 35.8 Å². The first-order chi connectivity index (χ1) is 8.26. The Balaban J connectivity index is 2.39. The minimum atomic E-state index is -0.0228. The smallest absolute Gasteiger partial charge is 0.239 e. The van der Waals surface area contributed by atoms with E-state index in [-0.39, 0.29) is 12.5 Å². The molecule has 3 N–H and O–H groups in total. The van der Waals surface area contributed by atoms with Crippen LogP contribution in [0.5, 0.6) is 0 Å². The standard InChI is InChI=1S/C12H16N4O/c1-2-14-12(17)8-16-10-6-4-3-5-9(10)15-11(16)7-13/h3-6H,2,7-8,13H2,1H3,(H,14,17). The van der Waals surface area contributed by atoms with Gasteiger partial charge in [-0.05, 0) is 19.1 Å². The fourth-order valence-electron chi connectivity index (χ4n) is 1.85. The van der Waals surface area contributed by atoms with Crippen LogP contribution in [0.2, 0.25) is 0 Å². The molecule has 0 saturated heterocycles. The van der Waals surface area contributed by atoms with E-state index < -0.39 is 0 Å². The summed E-state index contributed by atoms with van der Waals surface area (Å²) in [6.45, 7) is 3.12. The highest BCUT2D eigenvalue weighted by molar-refractivity contribution is 5.81. The van der Waals surface area contributed by atoms with Crippen molar-refractivity contribution in [2.45, 2.75) is 20.0 Å². The van der Waals surface area contributed by atoms with Gasteiger partial charge in [-0.3, -0.25) is 4.79 Å². The van der Waals surface area contributed by atoms with E-state index in [9.17, 15) is 4.79 Å². The van der Waals surface area contributed by atoms with Crippen LogP contribution in [-0.2, 0) is 17.9 Å². The second-order valence-electron chi connectivity index (χ2n) is 3.76. The van der Waals surface area contributed by atoms with Crippen LogP contribution in [0, 0.1) is 0 Å². The Hall–Kier alpha value is -1.88. The Morgan fingerprint density at radius 1 is 1.47 bits per heavy atom. The van der Waals surface area contributed by atoms with Crippen LogP contribution in [-0.4, -0.2) is 22.0 Å². The molecule has 0 spiro atoms. The minimum absolute atomic E-state index is 0.0228. The van der Waals surface area contributed by atoms with Crippen molar-refractivity contribution < 1.29 is 4.79 Å². The zero-order valence-corrected chi connectivity index (χ0v) is 9.81. The molecule has 2 aromatic rings. The van der Waals surface area contributed by atoms with Gasteiger partial charge in [0, 0.05) is 6.54 Å². The van der Waals surface area contributed by atoms with Crippen molar-refractivity contribution in [2.75, 3.05) is 6.54 Å². The number of carbonyl (C=O) groups excluding carboxylic acids is 1. The van der Waals surface area contributed by atoms with Crippen molar-refractivity contribution in [3.8, 4) is 0 Å². The first kappa shape index (κ1) is 11.6. The van der Waals surface area contributed by atoms with E-state index in [4.69, 9.17) is 5.73 Å². The van der Waals surface area contributed by atoms with Crippen LogP contribution in [0.4, 0.5) is 0 Å². The number of likely N-dealkylation sites (N-methyl/N-ethyl adjacent to an activating group) is 1. The molecule has 2 rings (SSSR count). The number of rotatable bonds is 4. The molecule has 0 saturated carbocycles. The predicted molar refractivity (Wildman–Crippen MR) is 66.3 cm³/mol. The molecule has 0 fully saturated rings. The number of benzene rings is 1. The van der Waals surface area contributed by atoms with Gasteiger partial charge in [-0.15, -0.1) is 0 Å². The Morgan fingerprint density at radius 2 is 2.24 bits per heavy atom. The first-order valence-electron chi connectivity index (χ1n) is 5.67. The van der Waals surface area contributed by atoms with E-state index >= 15 is 0 Å². The molecule has 0 atom stereocenters. The van der Waals surface area contributed by atoms with Gasteiger partial charge >= 0.3 is 0 Å². The highest BCUT2D eigenvalue weighted by Crippen LogP contribution is 2.15. The van der Waals surface area contributed by atoms with E-state index in [2.05, 4.69) is 10.3 Å². The van der Waals surface area contributed by atoms with Gasteiger partial charge in [0.15, 0.2) is 0 Å². The van der Waals surface area contributed by atoms with Gasteiger partial charge in [0.05, 0.1) is 17.6 Å². The molecule has 1 amide bonds. The van der Waals surface area contributed by atoms with E-state index in [1.54, 1.807) is 0 Å². The average Bonchev–Trinajstić information content (AvgIpc) is 2.68. The predicted octanol–water partition coefficient (Wildman–Crippen LogP) is 0.631. The second kappa shape index (κ2) is 4.97. The molecule has 1 heterocycles. The summed E-state index contributed by atoms with van der Waals surface area (Å²) in [5, 5.41) is 2.77. The normalized spacial score (nSPS) is 10.7. The molecule has 0 bridgehead atoms. The summed E-state index contributed by atoms with van der Waals surface area (Å²) < 4.78 is 1.86. The largest absolute Gasteiger partial charge is 0.355 e. The number of imidazole rings is 1. The fraction of sp³-hybridized carbons (Fsp3) is 0.333. The molecule has 1 aromatic heterocycles. The fourth-order valence-corrected chi connectivity index (χ4v) is 1.85. The molecule has 90 valence electrons. The molecular formula is C12H16N4O. The average molecular weight is 232 g/mol. The number of hydrogen-bond donors (Lipinski definition) is 2. The van der Waals surface area contributed by atoms with Crippen LogP contribution in [0.1, 0.15) is 12.7 Å². The Bertz CT molecular complexity index is 532. The second-order valence-corrected chi connectivity index (χ2v) is 3.76. The number of nitrogens with zero attached hydrogens (tertiary/aromatic N) is 2. The lowest BCUT2D eigenvalue weighted by atomic mass is 10.3. The lowest BCUT2D eigenvalue weighted by molar-refractivity contribution is -0.121. The molecule has 0 unspecified atom stereocenters. The molecular weight excluding hydrogens is 216 g/mol. The third-order valence-corrected chi connectivity index (χ3v) is 2.59. The first-order valence-corrected chi connectivity index (χ1v) is 5.67. The summed E-state index contributed by atoms with van der Waals surface area (Å²) in [4.78, 5) is 16.0. The van der Waals surface area contributed by atoms with Gasteiger partial charge in [0.2, 0.25) is 5.91 Å². The number of nitrogens with two attached hydrogens (primary N) is 1. The molecule has 5 heteroatoms. The monoisotopic (exact) mass is 232 g/mol. The highest BCUT2D eigenvalue weighted by Gasteiger charge is 2.11. The molecule has 0 aliphatic carbocycles. The number of aromatic nitrogens is 2. The van der Waals surface area contributed by atoms with Gasteiger partial charge in [-0.1, -0.05) is 12.1 Å². The van der Waals surface area contributed by atoms with Crippen molar-refractivity contribution in [3.63, 3.8) is 0 Å². The van der Waals surface area contributed by atoms with Crippen molar-refractivity contribution in [1.29, 1.82) is 0 Å². The van der Waals surface area contributed by atoms with Crippen molar-refractivity contribution >= 4 is 16.9 Å². The van der Waals surface area contributed by atoms with Gasteiger partial charge in [0.25, 0.3) is 0 Å². The Kier molecular flexibility index (Phi) is 3.39. The molecule has 0 aliphatic heterocycles. The minimum Gasteiger partial charge on any atom is -0.355 e. The number of amides is 1. The molecule has 1 aromatic carbocycles. The van der Waals surface area contributed by atoms with Crippen molar-refractivity contribution in [2.24, 2.45) is 5.73 Å². The summed E-state index contributed by atoms with van der Waals surface area (Å²) in [6, 6.07) is 7.72. The lowest BCUT2D eigenvalue weighted by Gasteiger charge is -2.07. The Labute approximate surface area is 99.6 Å². The summed E-state index contributed by atoms with van der Waals surface area (Å²) in [7, 11) is 0. The summed E-state index contributed by atoms with van der Waals surface area (Å²) >= 11 is 0. The quantitative estimate of drug-likeness (QED) is 0.812. The van der Waals surface area contributed by atoms with Crippen LogP contribution < -0.4 is 11.1 Å². The molecule has 0 aliphatic rings. The summed E-state index contributed by atoms with van der Waals surface area (Å²) in [6.07, 6.45) is 0. The zero-order valence-electron chi connectivity index (χ0n) is 9.81. The zero-order chi connectivity index (χ0) is 12.3. The van der Waals surface area contributed by atoms with Crippen LogP contribution >= 0.6 is 0 Å². The SMILES string of the molecule is CCNC(=O)Cn1c(CN)nc2ccccc21. The van der Waals surface area contributed by atoms with Gasteiger partial charge < -0.3 is 15.6 Å². The van der Waals surface area contributed by atoms with Gasteiger partial charge in [-0.25, -0.2) is 4.98 Å². The Morgan fingerprint density at radius 3 is 2.94 bits per heavy atom. The van der Waals surface area contributed by atoms with Gasteiger partial charge in [-0.2, -0.15) is 0 Å². The molecule has 17 heavy (non-hydrogen) atoms. The third-order valence-electron chi connectivity index (χ3n) is 2.59. The van der Waals surface area contributed by atoms with Crippen LogP contribution in [0.3, 0.4) is 0 Å². The summed E-state index contributed by atoms with van der Waals surface area (Å²) in [5.41, 5.74) is 7.47. The van der Waals surface area contributed by atoms with E-state index in [1.165, 1.54) is 0 Å². The van der Waals surface area contributed by atoms with Crippen molar-refractivity contribution in [1.82, 2.24) is 14.9 Å². The van der Waals surface area contributed by atoms with Crippen molar-refractivity contribution in [3.05, 3.63) is 30.1 Å². The third kappa shape index (κ3) is 2.29. The number of para-hydroxylation sites is 2. The number of carbonyl (C=O) groups is 1. The van der Waals surface area contributed by atoms with E-state index in [0.717, 1.165) is 16.9 Å². The number of fused-ring (bicyclic) bond motifs is 1. The maximum atomic E-state index is 11.6. The van der Waals surface area contributed by atoms with E-state index in [0.29, 0.717) is 13.1 Å². The summed E-state index contributed by atoms with van der Waals surface area (Å²) in [5.74, 6) is 0.711. The molecule has 5 nitrogen and oxygen atoms in total. The number of nitrogens with one attached hydrogen (secondary N) is 1. The topological polar surface area (TPSA) is 72.9 Å².